The number of hydrogen-bond donors (Lipinski definition) is 2. The van der Waals surface area contributed by atoms with Gasteiger partial charge in [0.15, 0.2) is 0 Å². The largest absolute Gasteiger partial charge is 0.380 e. The van der Waals surface area contributed by atoms with Crippen molar-refractivity contribution >= 4 is 0 Å². The molecule has 0 fully saturated rings. The fraction of sp³-hybridized carbons (Fsp3) is 0.778. The Balaban J connectivity index is 4.08. The van der Waals surface area contributed by atoms with Crippen LogP contribution in [0, 0.1) is 17.8 Å². The van der Waals surface area contributed by atoms with Crippen LogP contribution in [0.15, 0.2) is 0 Å². The smallest absolute Gasteiger partial charge is 0.120 e. The average Bonchev–Trinajstić information content (AvgIpc) is 1.80. The highest BCUT2D eigenvalue weighted by Gasteiger charge is 2.08. The van der Waals surface area contributed by atoms with Crippen LogP contribution < -0.4 is 0 Å². The van der Waals surface area contributed by atoms with E-state index in [-0.39, 0.29) is 5.92 Å². The molecule has 0 aliphatic rings. The zero-order valence-corrected chi connectivity index (χ0v) is 7.55. The minimum absolute atomic E-state index is 0.116. The van der Waals surface area contributed by atoms with Gasteiger partial charge in [-0.2, -0.15) is 0 Å². The third-order valence-electron chi connectivity index (χ3n) is 1.16. The Hall–Kier alpha value is -0.520. The first kappa shape index (κ1) is 10.5. The van der Waals surface area contributed by atoms with Crippen molar-refractivity contribution in [3.05, 3.63) is 0 Å². The van der Waals surface area contributed by atoms with Crippen LogP contribution in [0.4, 0.5) is 0 Å². The molecule has 0 aromatic heterocycles. The molecule has 1 unspecified atom stereocenters. The Labute approximate surface area is 68.2 Å². The number of rotatable bonds is 1. The fourth-order valence-corrected chi connectivity index (χ4v) is 0.417. The number of hydrogen-bond acceptors (Lipinski definition) is 2. The van der Waals surface area contributed by atoms with Gasteiger partial charge in [0.1, 0.15) is 11.7 Å². The van der Waals surface area contributed by atoms with Crippen molar-refractivity contribution in [1.29, 1.82) is 0 Å². The maximum atomic E-state index is 9.21. The standard InChI is InChI=1S/C9H16O2/c1-7(2)8(10)5-6-9(3,4)11/h7-8,10-11H,1-4H3. The van der Waals surface area contributed by atoms with Gasteiger partial charge in [-0.15, -0.1) is 0 Å². The van der Waals surface area contributed by atoms with E-state index < -0.39 is 11.7 Å². The second-order valence-corrected chi connectivity index (χ2v) is 3.52. The molecule has 0 amide bonds. The monoisotopic (exact) mass is 156 g/mol. The van der Waals surface area contributed by atoms with Crippen LogP contribution in [0.2, 0.25) is 0 Å². The highest BCUT2D eigenvalue weighted by atomic mass is 16.3. The lowest BCUT2D eigenvalue weighted by Crippen LogP contribution is -2.18. The first-order valence-electron chi connectivity index (χ1n) is 3.76. The van der Waals surface area contributed by atoms with Gasteiger partial charge in [0, 0.05) is 0 Å². The summed E-state index contributed by atoms with van der Waals surface area (Å²) in [6.07, 6.45) is -0.638. The van der Waals surface area contributed by atoms with Crippen LogP contribution in [-0.4, -0.2) is 21.9 Å². The van der Waals surface area contributed by atoms with E-state index in [0.717, 1.165) is 0 Å². The van der Waals surface area contributed by atoms with E-state index in [1.165, 1.54) is 0 Å². The molecule has 0 radical (unpaired) electrons. The highest BCUT2D eigenvalue weighted by molar-refractivity contribution is 5.13. The number of aliphatic hydroxyl groups is 2. The topological polar surface area (TPSA) is 40.5 Å². The Morgan fingerprint density at radius 1 is 1.27 bits per heavy atom. The molecule has 0 aliphatic carbocycles. The van der Waals surface area contributed by atoms with Crippen molar-refractivity contribution in [2.75, 3.05) is 0 Å². The third-order valence-corrected chi connectivity index (χ3v) is 1.16. The predicted molar refractivity (Wildman–Crippen MR) is 44.9 cm³/mol. The summed E-state index contributed by atoms with van der Waals surface area (Å²) >= 11 is 0. The molecule has 0 saturated heterocycles. The summed E-state index contributed by atoms with van der Waals surface area (Å²) in [5, 5.41) is 18.4. The summed E-state index contributed by atoms with van der Waals surface area (Å²) in [6, 6.07) is 0. The van der Waals surface area contributed by atoms with E-state index in [4.69, 9.17) is 5.11 Å². The van der Waals surface area contributed by atoms with Crippen LogP contribution in [0.3, 0.4) is 0 Å². The highest BCUT2D eigenvalue weighted by Crippen LogP contribution is 2.01. The van der Waals surface area contributed by atoms with Crippen molar-refractivity contribution < 1.29 is 10.2 Å². The van der Waals surface area contributed by atoms with Gasteiger partial charge in [-0.05, 0) is 19.8 Å². The minimum Gasteiger partial charge on any atom is -0.380 e. The van der Waals surface area contributed by atoms with Crippen molar-refractivity contribution in [2.45, 2.75) is 39.4 Å². The molecule has 0 aromatic rings. The molecule has 2 heteroatoms. The third kappa shape index (κ3) is 5.90. The van der Waals surface area contributed by atoms with Crippen molar-refractivity contribution in [3.63, 3.8) is 0 Å². The maximum absolute atomic E-state index is 9.21. The summed E-state index contributed by atoms with van der Waals surface area (Å²) in [7, 11) is 0. The van der Waals surface area contributed by atoms with Crippen LogP contribution in [0.1, 0.15) is 27.7 Å². The van der Waals surface area contributed by atoms with Crippen LogP contribution in [0.5, 0.6) is 0 Å². The Bertz CT molecular complexity index is 166. The van der Waals surface area contributed by atoms with Gasteiger partial charge in [0.05, 0.1) is 0 Å². The Morgan fingerprint density at radius 2 is 1.73 bits per heavy atom. The van der Waals surface area contributed by atoms with Gasteiger partial charge in [0.2, 0.25) is 0 Å². The van der Waals surface area contributed by atoms with Crippen molar-refractivity contribution in [3.8, 4) is 11.8 Å². The molecule has 11 heavy (non-hydrogen) atoms. The second-order valence-electron chi connectivity index (χ2n) is 3.52. The van der Waals surface area contributed by atoms with Gasteiger partial charge in [-0.25, -0.2) is 0 Å². The lowest BCUT2D eigenvalue weighted by molar-refractivity contribution is 0.140. The molecular weight excluding hydrogens is 140 g/mol. The Morgan fingerprint density at radius 3 is 2.00 bits per heavy atom. The minimum atomic E-state index is -1.00. The summed E-state index contributed by atoms with van der Waals surface area (Å²) in [5.41, 5.74) is -1.00. The van der Waals surface area contributed by atoms with E-state index in [1.807, 2.05) is 13.8 Å². The fourth-order valence-electron chi connectivity index (χ4n) is 0.417. The maximum Gasteiger partial charge on any atom is 0.120 e. The SMILES string of the molecule is CC(C)C(O)C#CC(C)(C)O. The molecular formula is C9H16O2. The lowest BCUT2D eigenvalue weighted by Gasteiger charge is -2.09. The van der Waals surface area contributed by atoms with Crippen LogP contribution >= 0.6 is 0 Å². The predicted octanol–water partition coefficient (Wildman–Crippen LogP) is 0.778. The van der Waals surface area contributed by atoms with E-state index in [9.17, 15) is 5.11 Å². The molecule has 0 spiro atoms. The van der Waals surface area contributed by atoms with Gasteiger partial charge in [-0.1, -0.05) is 25.7 Å². The van der Waals surface area contributed by atoms with Gasteiger partial charge in [0.25, 0.3) is 0 Å². The van der Waals surface area contributed by atoms with Crippen molar-refractivity contribution in [1.82, 2.24) is 0 Å². The molecule has 0 bridgehead atoms. The molecule has 0 aromatic carbocycles. The first-order chi connectivity index (χ1) is 4.83. The van der Waals surface area contributed by atoms with E-state index in [2.05, 4.69) is 11.8 Å². The van der Waals surface area contributed by atoms with Gasteiger partial charge >= 0.3 is 0 Å². The molecule has 0 aliphatic heterocycles. The number of aliphatic hydroxyl groups excluding tert-OH is 1. The van der Waals surface area contributed by atoms with E-state index in [1.54, 1.807) is 13.8 Å². The zero-order chi connectivity index (χ0) is 9.07. The lowest BCUT2D eigenvalue weighted by atomic mass is 10.1. The normalized spacial score (nSPS) is 14.1. The average molecular weight is 156 g/mol. The Kier molecular flexibility index (Phi) is 3.57. The molecule has 0 heterocycles. The summed E-state index contributed by atoms with van der Waals surface area (Å²) in [4.78, 5) is 0. The van der Waals surface area contributed by atoms with Crippen LogP contribution in [-0.2, 0) is 0 Å². The first-order valence-corrected chi connectivity index (χ1v) is 3.76. The molecule has 64 valence electrons. The van der Waals surface area contributed by atoms with Gasteiger partial charge in [-0.3, -0.25) is 0 Å². The molecule has 2 nitrogen and oxygen atoms in total. The summed E-state index contributed by atoms with van der Waals surface area (Å²) < 4.78 is 0. The second kappa shape index (κ2) is 3.75. The van der Waals surface area contributed by atoms with Crippen LogP contribution in [0.25, 0.3) is 0 Å². The molecule has 0 rings (SSSR count). The summed E-state index contributed by atoms with van der Waals surface area (Å²) in [6.45, 7) is 6.94. The van der Waals surface area contributed by atoms with E-state index in [0.29, 0.717) is 0 Å². The molecule has 0 saturated carbocycles. The zero-order valence-electron chi connectivity index (χ0n) is 7.55. The summed E-state index contributed by atoms with van der Waals surface area (Å²) in [5.74, 6) is 5.25. The quantitative estimate of drug-likeness (QED) is 0.551. The van der Waals surface area contributed by atoms with Crippen molar-refractivity contribution in [2.24, 2.45) is 5.92 Å². The molecule has 1 atom stereocenters. The van der Waals surface area contributed by atoms with E-state index >= 15 is 0 Å². The van der Waals surface area contributed by atoms with Gasteiger partial charge < -0.3 is 10.2 Å². The molecule has 2 N–H and O–H groups in total.